The lowest BCUT2D eigenvalue weighted by atomic mass is 10.0. The monoisotopic (exact) mass is 1020 g/mol. The second kappa shape index (κ2) is 32.8. The highest BCUT2D eigenvalue weighted by atomic mass is 16.5. The Morgan fingerprint density at radius 3 is 1.38 bits per heavy atom. The minimum Gasteiger partial charge on any atom is -0.508 e. The Kier molecular flexibility index (Phi) is 27.9. The first kappa shape index (κ1) is 63.0. The number of phenols is 6. The molecule has 0 atom stereocenters. The molecule has 0 saturated heterocycles. The number of ether oxygens (including phenoxy) is 6. The molecule has 0 spiro atoms. The molecule has 74 heavy (non-hydrogen) atoms. The summed E-state index contributed by atoms with van der Waals surface area (Å²) < 4.78 is 27.1. The molecule has 0 radical (unpaired) electrons. The largest absolute Gasteiger partial charge is 0.508 e. The first-order valence-electron chi connectivity index (χ1n) is 22.1. The van der Waals surface area contributed by atoms with Crippen LogP contribution < -0.4 is 0 Å². The van der Waals surface area contributed by atoms with Crippen molar-refractivity contribution in [1.29, 1.82) is 0 Å². The van der Waals surface area contributed by atoms with E-state index in [1.54, 1.807) is 120 Å². The molecule has 6 rings (SSSR count). The number of benzene rings is 6. The van der Waals surface area contributed by atoms with Crippen molar-refractivity contribution in [3.8, 4) is 34.5 Å². The summed E-state index contributed by atoms with van der Waals surface area (Å²) in [5.41, 5.74) is 7.14. The number of carbonyl (C=O) groups excluding carboxylic acids is 6. The van der Waals surface area contributed by atoms with Crippen molar-refractivity contribution < 1.29 is 87.8 Å². The molecule has 18 nitrogen and oxygen atoms in total. The van der Waals surface area contributed by atoms with Crippen molar-refractivity contribution in [3.63, 3.8) is 0 Å². The number of carbonyl (C=O) groups is 6. The van der Waals surface area contributed by atoms with E-state index in [1.807, 2.05) is 0 Å². The summed E-state index contributed by atoms with van der Waals surface area (Å²) in [6.45, 7) is 8.78. The van der Waals surface area contributed by atoms with Crippen LogP contribution in [0, 0.1) is 34.6 Å². The van der Waals surface area contributed by atoms with Gasteiger partial charge < -0.3 is 59.1 Å². The van der Waals surface area contributed by atoms with Gasteiger partial charge in [-0.3, -0.25) is 14.4 Å². The summed E-state index contributed by atoms with van der Waals surface area (Å²) in [6, 6.07) is 30.6. The number of aromatic hydroxyl groups is 6. The smallest absolute Gasteiger partial charge is 0.338 e. The second-order valence-corrected chi connectivity index (χ2v) is 15.6. The fourth-order valence-corrected chi connectivity index (χ4v) is 6.00. The fourth-order valence-electron chi connectivity index (χ4n) is 6.00. The maximum atomic E-state index is 11.3. The third-order valence-electron chi connectivity index (χ3n) is 10.0. The quantitative estimate of drug-likeness (QED) is 0.0585. The molecule has 6 aromatic carbocycles. The van der Waals surface area contributed by atoms with E-state index in [9.17, 15) is 49.2 Å². The zero-order valence-corrected chi connectivity index (χ0v) is 43.2. The van der Waals surface area contributed by atoms with Gasteiger partial charge in [-0.25, -0.2) is 14.4 Å². The number of para-hydroxylation sites is 1. The molecule has 0 heterocycles. The highest BCUT2D eigenvalue weighted by Crippen LogP contribution is 2.23. The highest BCUT2D eigenvalue weighted by Gasteiger charge is 2.14. The van der Waals surface area contributed by atoms with Gasteiger partial charge in [-0.15, -0.1) is 0 Å². The van der Waals surface area contributed by atoms with Crippen LogP contribution in [0.2, 0.25) is 0 Å². The van der Waals surface area contributed by atoms with Gasteiger partial charge in [0.2, 0.25) is 0 Å². The molecule has 396 valence electrons. The zero-order chi connectivity index (χ0) is 56.1. The van der Waals surface area contributed by atoms with Crippen LogP contribution in [0.5, 0.6) is 34.5 Å². The number of rotatable bonds is 9. The van der Waals surface area contributed by atoms with Crippen LogP contribution in [-0.4, -0.2) is 109 Å². The average Bonchev–Trinajstić information content (AvgIpc) is 3.37. The SMILES string of the molecule is COC(=O)Cc1ccc(O)cc1.COC(=O)Cc1cccc(O)c1.COC(=O)Cc1ccccc1O.COC(=O)c1c(C)cc(O)cc1C.COC(=O)c1cc(C)c(O)cc1C.COC(=O)c1ccc(C)c(O)c1. The van der Waals surface area contributed by atoms with Crippen LogP contribution in [0.1, 0.15) is 75.6 Å². The molecule has 0 fully saturated rings. The van der Waals surface area contributed by atoms with E-state index in [0.717, 1.165) is 33.4 Å². The van der Waals surface area contributed by atoms with Gasteiger partial charge in [0.25, 0.3) is 0 Å². The lowest BCUT2D eigenvalue weighted by Crippen LogP contribution is -2.06. The molecule has 0 amide bonds. The molecule has 0 aliphatic rings. The van der Waals surface area contributed by atoms with Gasteiger partial charge in [0, 0.05) is 5.56 Å². The Morgan fingerprint density at radius 2 is 0.878 bits per heavy atom. The Balaban J connectivity index is 0.000000444. The molecule has 0 aromatic heterocycles. The summed E-state index contributed by atoms with van der Waals surface area (Å²) in [7, 11) is 7.99. The summed E-state index contributed by atoms with van der Waals surface area (Å²) in [4.78, 5) is 65.8. The number of hydrogen-bond donors (Lipinski definition) is 6. The van der Waals surface area contributed by atoms with Gasteiger partial charge >= 0.3 is 35.8 Å². The van der Waals surface area contributed by atoms with Gasteiger partial charge in [-0.1, -0.05) is 48.5 Å². The molecule has 0 bridgehead atoms. The van der Waals surface area contributed by atoms with Crippen LogP contribution >= 0.6 is 0 Å². The van der Waals surface area contributed by atoms with Gasteiger partial charge in [-0.05, 0) is 140 Å². The lowest BCUT2D eigenvalue weighted by Gasteiger charge is -2.07. The van der Waals surface area contributed by atoms with Crippen molar-refractivity contribution in [3.05, 3.63) is 176 Å². The Morgan fingerprint density at radius 1 is 0.365 bits per heavy atom. The Labute approximate surface area is 429 Å². The molecular weight excluding hydrogens is 961 g/mol. The Bertz CT molecular complexity index is 2770. The first-order chi connectivity index (χ1) is 34.9. The third kappa shape index (κ3) is 22.8. The molecule has 0 saturated carbocycles. The number of hydrogen-bond acceptors (Lipinski definition) is 18. The van der Waals surface area contributed by atoms with E-state index in [-0.39, 0.29) is 83.6 Å². The van der Waals surface area contributed by atoms with Crippen LogP contribution in [0.3, 0.4) is 0 Å². The second-order valence-electron chi connectivity index (χ2n) is 15.6. The number of methoxy groups -OCH3 is 6. The molecule has 0 aliphatic heterocycles. The van der Waals surface area contributed by atoms with Crippen LogP contribution in [0.25, 0.3) is 0 Å². The lowest BCUT2D eigenvalue weighted by molar-refractivity contribution is -0.140. The molecule has 0 aliphatic carbocycles. The van der Waals surface area contributed by atoms with Crippen LogP contribution in [0.15, 0.2) is 115 Å². The van der Waals surface area contributed by atoms with E-state index < -0.39 is 5.97 Å². The van der Waals surface area contributed by atoms with E-state index in [4.69, 9.17) is 10.2 Å². The normalized spacial score (nSPS) is 9.55. The first-order valence-corrected chi connectivity index (χ1v) is 22.1. The van der Waals surface area contributed by atoms with Crippen molar-refractivity contribution in [1.82, 2.24) is 0 Å². The van der Waals surface area contributed by atoms with E-state index in [0.29, 0.717) is 27.8 Å². The van der Waals surface area contributed by atoms with Gasteiger partial charge in [0.1, 0.15) is 34.5 Å². The predicted molar refractivity (Wildman–Crippen MR) is 274 cm³/mol. The van der Waals surface area contributed by atoms with Gasteiger partial charge in [0.05, 0.1) is 78.6 Å². The van der Waals surface area contributed by atoms with Gasteiger partial charge in [0.15, 0.2) is 0 Å². The minimum atomic E-state index is -0.440. The van der Waals surface area contributed by atoms with E-state index in [2.05, 4.69) is 28.4 Å². The molecule has 6 aromatic rings. The molecule has 0 unspecified atom stereocenters. The number of aryl methyl sites for hydroxylation is 5. The minimum absolute atomic E-state index is 0.109. The summed E-state index contributed by atoms with van der Waals surface area (Å²) in [5, 5.41) is 55.0. The molecule has 6 N–H and O–H groups in total. The summed E-state index contributed by atoms with van der Waals surface area (Å²) in [6.07, 6.45) is 0.560. The number of phenolic OH excluding ortho intramolecular Hbond substituents is 6. The van der Waals surface area contributed by atoms with Crippen LogP contribution in [-0.2, 0) is 62.1 Å². The highest BCUT2D eigenvalue weighted by molar-refractivity contribution is 5.93. The van der Waals surface area contributed by atoms with E-state index in [1.165, 1.54) is 73.0 Å². The van der Waals surface area contributed by atoms with Crippen molar-refractivity contribution in [2.24, 2.45) is 0 Å². The number of esters is 6. The Hall–Kier alpha value is -9.06. The van der Waals surface area contributed by atoms with E-state index >= 15 is 0 Å². The fraction of sp³-hybridized carbons (Fsp3) is 0.250. The predicted octanol–water partition coefficient (Wildman–Crippen LogP) is 8.40. The summed E-state index contributed by atoms with van der Waals surface area (Å²) >= 11 is 0. The van der Waals surface area contributed by atoms with Crippen molar-refractivity contribution in [2.45, 2.75) is 53.9 Å². The summed E-state index contributed by atoms with van der Waals surface area (Å²) in [5.74, 6) is -1.15. The topological polar surface area (TPSA) is 279 Å². The van der Waals surface area contributed by atoms with Crippen molar-refractivity contribution in [2.75, 3.05) is 42.7 Å². The molecule has 18 heteroatoms. The molecular formula is C56H64O18. The third-order valence-corrected chi connectivity index (χ3v) is 10.0. The maximum Gasteiger partial charge on any atom is 0.338 e. The van der Waals surface area contributed by atoms with Gasteiger partial charge in [-0.2, -0.15) is 0 Å². The zero-order valence-electron chi connectivity index (χ0n) is 43.2. The van der Waals surface area contributed by atoms with Crippen LogP contribution in [0.4, 0.5) is 0 Å². The average molecular weight is 1030 g/mol. The standard InChI is InChI=1S/2C10H12O3.4C9H10O3/c1-6-5-9(11)7(2)4-8(6)10(12)13-3;1-6-4-8(11)5-7(2)9(6)10(12)13-3;1-6-3-4-7(5-8(6)10)9(11)12-2;1-12-9(11)6-7-2-4-8(10)5-3-7;1-12-9(11)6-7-3-2-4-8(10)5-7;1-12-9(11)6-7-4-2-3-5-8(7)10/h2*4-5,11H,1-3H3;3-5,10H,1-2H3;3*2-5,10H,6H2,1H3. The maximum absolute atomic E-state index is 11.3. The van der Waals surface area contributed by atoms with Crippen molar-refractivity contribution >= 4 is 35.8 Å².